The van der Waals surface area contributed by atoms with Crippen molar-refractivity contribution in [3.05, 3.63) is 330 Å². The van der Waals surface area contributed by atoms with Crippen LogP contribution in [0, 0.1) is 0 Å². The summed E-state index contributed by atoms with van der Waals surface area (Å²) < 4.78 is 87.2. The van der Waals surface area contributed by atoms with E-state index in [0.717, 1.165) is 128 Å². The fourth-order valence-electron chi connectivity index (χ4n) is 16.2. The zero-order valence-corrected chi connectivity index (χ0v) is 59.2. The van der Waals surface area contributed by atoms with Crippen LogP contribution in [0.25, 0.3) is 125 Å². The number of hydrogen-bond acceptors (Lipinski definition) is 4. The molecule has 1 atom stereocenters. The molecule has 0 radical (unpaired) electrons. The van der Waals surface area contributed by atoms with Crippen LogP contribution in [0.5, 0.6) is 0 Å². The number of nitrogens with zero attached hydrogens (tertiary/aromatic N) is 3. The zero-order chi connectivity index (χ0) is 76.0. The molecule has 2 aliphatic rings. The van der Waals surface area contributed by atoms with Gasteiger partial charge in [-0.2, -0.15) is 0 Å². The summed E-state index contributed by atoms with van der Waals surface area (Å²) in [6.07, 6.45) is 0. The SMILES string of the molecule is [2H]c1c([2H])c([2H])c2c(c1[2H])c1c([2H])c([2H])c([2H])c([2H])c1n2-c1ccc2c(c1)N(c1c(-c3ccccc3)cc3oc4ccccc4c3c1-c1ccccc1)c1cc(C(C)(C)C)cc3c1C2c1cc(-c2cc(C(C)(C)C)cc(C(C)(C)C)c2)ccc1N3c1c(-c2ccccc2)cc2sc3ccccc3c2c1-c1ccccc1. The van der Waals surface area contributed by atoms with Gasteiger partial charge in [-0.05, 0) is 150 Å². The van der Waals surface area contributed by atoms with Gasteiger partial charge in [0.15, 0.2) is 0 Å². The van der Waals surface area contributed by atoms with Crippen LogP contribution in [-0.2, 0) is 16.2 Å². The minimum absolute atomic E-state index is 0.00440. The van der Waals surface area contributed by atoms with Gasteiger partial charge in [0, 0.05) is 81.1 Å². The Morgan fingerprint density at radius 1 is 0.353 bits per heavy atom. The highest BCUT2D eigenvalue weighted by molar-refractivity contribution is 7.26. The molecule has 5 heterocycles. The molecule has 0 saturated heterocycles. The molecule has 19 rings (SSSR count). The van der Waals surface area contributed by atoms with Crippen molar-refractivity contribution in [1.82, 2.24) is 4.57 Å². The minimum atomic E-state index is -0.536. The molecule has 0 aliphatic carbocycles. The van der Waals surface area contributed by atoms with Crippen molar-refractivity contribution in [2.75, 3.05) is 9.80 Å². The maximum atomic E-state index is 9.93. The van der Waals surface area contributed by atoms with E-state index in [1.807, 2.05) is 41.7 Å². The Balaban J connectivity index is 1.05. The fourth-order valence-corrected chi connectivity index (χ4v) is 17.4. The van der Waals surface area contributed by atoms with Gasteiger partial charge in [0.2, 0.25) is 0 Å². The predicted octanol–water partition coefficient (Wildman–Crippen LogP) is 28.0. The number of anilines is 6. The highest BCUT2D eigenvalue weighted by Gasteiger charge is 2.45. The molecule has 492 valence electrons. The number of para-hydroxylation sites is 3. The predicted molar refractivity (Wildman–Crippen MR) is 435 cm³/mol. The first-order valence-electron chi connectivity index (χ1n) is 39.3. The van der Waals surface area contributed by atoms with E-state index in [1.54, 1.807) is 4.57 Å². The number of thiophene rings is 1. The van der Waals surface area contributed by atoms with E-state index < -0.39 is 47.6 Å². The van der Waals surface area contributed by atoms with Crippen LogP contribution in [-0.4, -0.2) is 4.57 Å². The maximum absolute atomic E-state index is 9.93. The third-order valence-corrected chi connectivity index (χ3v) is 22.3. The number of furan rings is 1. The standard InChI is InChI=1S/C97H77N3OS/c1-95(2,3)65-50-64(51-66(53-65)96(4,5)6)63-46-49-79-76(52-63)89-71-48-47-68(98-77-42-26-22-38-69(77)70-39-23-27-43-78(70)98)56-80(71)100(93-74(59-30-14-10-15-31-59)57-84-90(72-40-24-28-44-83(72)101-84)87(93)61-34-18-12-19-35-61)82-55-67(97(7,8)9)54-81(92(82)89)99(79)94-75(60-32-16-11-17-33-60)58-86-91(73-41-25-29-45-85(73)102-86)88(94)62-36-20-13-21-37-62/h10-58,89H,1-9H3/i22D,23D,26D,27D,38D,39D,42D,43D. The Bertz CT molecular complexity index is 6650. The summed E-state index contributed by atoms with van der Waals surface area (Å²) in [6, 6.07) is 86.5. The summed E-state index contributed by atoms with van der Waals surface area (Å²) in [6.45, 7) is 20.6. The van der Waals surface area contributed by atoms with Gasteiger partial charge in [-0.15, -0.1) is 11.3 Å². The van der Waals surface area contributed by atoms with E-state index in [1.165, 1.54) is 31.3 Å². The molecule has 0 amide bonds. The van der Waals surface area contributed by atoms with Gasteiger partial charge in [0.25, 0.3) is 0 Å². The van der Waals surface area contributed by atoms with Crippen LogP contribution in [0.4, 0.5) is 34.1 Å². The minimum Gasteiger partial charge on any atom is -0.456 e. The first-order chi connectivity index (χ1) is 52.8. The topological polar surface area (TPSA) is 24.6 Å². The lowest BCUT2D eigenvalue weighted by Crippen LogP contribution is -2.31. The van der Waals surface area contributed by atoms with E-state index in [-0.39, 0.29) is 44.7 Å². The molecule has 0 fully saturated rings. The average Bonchev–Trinajstić information content (AvgIpc) is 0.868. The molecule has 0 bridgehead atoms. The number of fused-ring (bicyclic) bond motifs is 13. The first-order valence-corrected chi connectivity index (χ1v) is 36.1. The van der Waals surface area contributed by atoms with Crippen molar-refractivity contribution < 1.29 is 15.4 Å². The smallest absolute Gasteiger partial charge is 0.136 e. The van der Waals surface area contributed by atoms with Crippen molar-refractivity contribution in [1.29, 1.82) is 0 Å². The molecule has 4 nitrogen and oxygen atoms in total. The fraction of sp³-hybridized carbons (Fsp3) is 0.134. The van der Waals surface area contributed by atoms with E-state index in [4.69, 9.17) is 7.16 Å². The largest absolute Gasteiger partial charge is 0.456 e. The van der Waals surface area contributed by atoms with Gasteiger partial charge < -0.3 is 18.8 Å². The lowest BCUT2D eigenvalue weighted by molar-refractivity contribution is 0.569. The molecule has 102 heavy (non-hydrogen) atoms. The highest BCUT2D eigenvalue weighted by Crippen LogP contribution is 2.66. The number of benzene rings is 14. The lowest BCUT2D eigenvalue weighted by Gasteiger charge is -2.47. The number of hydrogen-bond donors (Lipinski definition) is 0. The molecule has 1 unspecified atom stereocenters. The van der Waals surface area contributed by atoms with Crippen molar-refractivity contribution in [3.63, 3.8) is 0 Å². The molecule has 2 aliphatic heterocycles. The third kappa shape index (κ3) is 9.69. The van der Waals surface area contributed by atoms with Crippen LogP contribution >= 0.6 is 11.3 Å². The van der Waals surface area contributed by atoms with Crippen molar-refractivity contribution >= 4 is 109 Å². The molecule has 0 N–H and O–H groups in total. The van der Waals surface area contributed by atoms with Crippen LogP contribution in [0.3, 0.4) is 0 Å². The van der Waals surface area contributed by atoms with Gasteiger partial charge in [0.1, 0.15) is 11.2 Å². The van der Waals surface area contributed by atoms with Gasteiger partial charge in [-0.1, -0.05) is 287 Å². The Hall–Kier alpha value is -11.5. The molecule has 5 heteroatoms. The Morgan fingerprint density at radius 2 is 0.853 bits per heavy atom. The second-order valence-corrected chi connectivity index (χ2v) is 31.7. The van der Waals surface area contributed by atoms with Crippen LogP contribution in [0.1, 0.15) is 113 Å². The zero-order valence-electron chi connectivity index (χ0n) is 66.4. The maximum Gasteiger partial charge on any atom is 0.136 e. The van der Waals surface area contributed by atoms with Gasteiger partial charge in [-0.25, -0.2) is 0 Å². The number of aromatic nitrogens is 1. The summed E-state index contributed by atoms with van der Waals surface area (Å²) in [5.41, 5.74) is 23.1. The summed E-state index contributed by atoms with van der Waals surface area (Å²) in [7, 11) is 0. The first kappa shape index (κ1) is 53.4. The van der Waals surface area contributed by atoms with E-state index in [0.29, 0.717) is 11.3 Å². The van der Waals surface area contributed by atoms with Crippen molar-refractivity contribution in [2.24, 2.45) is 0 Å². The summed E-state index contributed by atoms with van der Waals surface area (Å²) in [4.78, 5) is 5.08. The van der Waals surface area contributed by atoms with Crippen LogP contribution in [0.2, 0.25) is 0 Å². The van der Waals surface area contributed by atoms with Crippen molar-refractivity contribution in [2.45, 2.75) is 84.5 Å². The van der Waals surface area contributed by atoms with E-state index in [9.17, 15) is 8.22 Å². The Labute approximate surface area is 611 Å². The second-order valence-electron chi connectivity index (χ2n) is 30.6. The molecular formula is C97H77N3OS. The molecule has 0 saturated carbocycles. The third-order valence-electron chi connectivity index (χ3n) is 21.2. The van der Waals surface area contributed by atoms with E-state index in [2.05, 4.69) is 291 Å². The molecule has 0 spiro atoms. The molecular weight excluding hydrogens is 1260 g/mol. The van der Waals surface area contributed by atoms with Gasteiger partial charge >= 0.3 is 0 Å². The number of rotatable bonds is 8. The normalized spacial score (nSPS) is 14.9. The molecule has 3 aromatic heterocycles. The lowest BCUT2D eigenvalue weighted by atomic mass is 9.72. The van der Waals surface area contributed by atoms with E-state index >= 15 is 0 Å². The Kier molecular flexibility index (Phi) is 12.1. The second kappa shape index (κ2) is 23.0. The van der Waals surface area contributed by atoms with Gasteiger partial charge in [0.05, 0.1) is 56.1 Å². The quantitative estimate of drug-likeness (QED) is 0.152. The Morgan fingerprint density at radius 3 is 1.44 bits per heavy atom. The monoisotopic (exact) mass is 1340 g/mol. The highest BCUT2D eigenvalue weighted by atomic mass is 32.1. The summed E-state index contributed by atoms with van der Waals surface area (Å²) >= 11 is 1.82. The summed E-state index contributed by atoms with van der Waals surface area (Å²) in [5, 5.41) is 4.19. The average molecular weight is 1340 g/mol. The molecule has 17 aromatic rings. The van der Waals surface area contributed by atoms with Gasteiger partial charge in [-0.3, -0.25) is 0 Å². The molecule has 14 aromatic carbocycles. The summed E-state index contributed by atoms with van der Waals surface area (Å²) in [5.74, 6) is -0.536. The van der Waals surface area contributed by atoms with Crippen molar-refractivity contribution in [3.8, 4) is 61.3 Å². The van der Waals surface area contributed by atoms with Crippen LogP contribution in [0.15, 0.2) is 301 Å². The van der Waals surface area contributed by atoms with Crippen LogP contribution < -0.4 is 9.80 Å².